The summed E-state index contributed by atoms with van der Waals surface area (Å²) in [6.07, 6.45) is 2.44. The van der Waals surface area contributed by atoms with Crippen LogP contribution in [-0.2, 0) is 4.74 Å². The van der Waals surface area contributed by atoms with Crippen molar-refractivity contribution in [3.8, 4) is 0 Å². The zero-order valence-corrected chi connectivity index (χ0v) is 13.0. The van der Waals surface area contributed by atoms with Gasteiger partial charge in [0.15, 0.2) is 0 Å². The number of hydrogen-bond donors (Lipinski definition) is 1. The van der Waals surface area contributed by atoms with Crippen LogP contribution in [0, 0.1) is 5.41 Å². The van der Waals surface area contributed by atoms with E-state index in [1.165, 1.54) is 19.4 Å². The van der Waals surface area contributed by atoms with E-state index in [1.54, 1.807) is 0 Å². The summed E-state index contributed by atoms with van der Waals surface area (Å²) in [6.45, 7) is 16.7. The third-order valence-electron chi connectivity index (χ3n) is 3.90. The van der Waals surface area contributed by atoms with E-state index in [2.05, 4.69) is 44.8 Å². The highest BCUT2D eigenvalue weighted by atomic mass is 16.5. The Morgan fingerprint density at radius 1 is 1.39 bits per heavy atom. The number of morpholine rings is 1. The lowest BCUT2D eigenvalue weighted by Gasteiger charge is -2.37. The van der Waals surface area contributed by atoms with Gasteiger partial charge < -0.3 is 10.1 Å². The number of rotatable bonds is 6. The van der Waals surface area contributed by atoms with Crippen LogP contribution in [-0.4, -0.2) is 49.8 Å². The van der Waals surface area contributed by atoms with Gasteiger partial charge in [-0.1, -0.05) is 27.7 Å². The number of nitrogens with one attached hydrogen (secondary N) is 1. The van der Waals surface area contributed by atoms with Crippen LogP contribution < -0.4 is 5.32 Å². The van der Waals surface area contributed by atoms with Gasteiger partial charge in [0.1, 0.15) is 0 Å². The molecule has 108 valence electrons. The van der Waals surface area contributed by atoms with Crippen molar-refractivity contribution >= 4 is 0 Å². The van der Waals surface area contributed by atoms with E-state index in [1.807, 2.05) is 0 Å². The van der Waals surface area contributed by atoms with Crippen molar-refractivity contribution in [3.05, 3.63) is 0 Å². The van der Waals surface area contributed by atoms with Gasteiger partial charge in [0, 0.05) is 25.2 Å². The molecule has 0 aromatic rings. The molecule has 1 N–H and O–H groups in total. The standard InChI is InChI=1S/C15H32N2O/c1-6-8-16-14(15(3,4)5)7-9-17-10-11-18-12-13(17)2/h13-14,16H,6-12H2,1-5H3. The highest BCUT2D eigenvalue weighted by Crippen LogP contribution is 2.22. The van der Waals surface area contributed by atoms with Gasteiger partial charge in [-0.15, -0.1) is 0 Å². The Labute approximate surface area is 113 Å². The Balaban J connectivity index is 2.40. The maximum atomic E-state index is 5.49. The lowest BCUT2D eigenvalue weighted by atomic mass is 9.84. The maximum absolute atomic E-state index is 5.49. The first kappa shape index (κ1) is 15.9. The fourth-order valence-corrected chi connectivity index (χ4v) is 2.55. The lowest BCUT2D eigenvalue weighted by molar-refractivity contribution is -0.00342. The number of nitrogens with zero attached hydrogens (tertiary/aromatic N) is 1. The molecular formula is C15H32N2O. The van der Waals surface area contributed by atoms with Gasteiger partial charge in [-0.3, -0.25) is 4.90 Å². The zero-order valence-electron chi connectivity index (χ0n) is 13.0. The van der Waals surface area contributed by atoms with E-state index in [4.69, 9.17) is 4.74 Å². The Bertz CT molecular complexity index is 225. The predicted octanol–water partition coefficient (Wildman–Crippen LogP) is 2.51. The monoisotopic (exact) mass is 256 g/mol. The van der Waals surface area contributed by atoms with Crippen molar-refractivity contribution in [1.29, 1.82) is 0 Å². The SMILES string of the molecule is CCCNC(CCN1CCOCC1C)C(C)(C)C. The molecule has 2 unspecified atom stereocenters. The molecule has 0 spiro atoms. The summed E-state index contributed by atoms with van der Waals surface area (Å²) in [5.74, 6) is 0. The molecule has 3 heteroatoms. The van der Waals surface area contributed by atoms with Gasteiger partial charge in [-0.2, -0.15) is 0 Å². The molecule has 0 amide bonds. The Hall–Kier alpha value is -0.120. The normalized spacial score (nSPS) is 24.2. The molecule has 3 nitrogen and oxygen atoms in total. The van der Waals surface area contributed by atoms with Gasteiger partial charge in [-0.05, 0) is 31.7 Å². The lowest BCUT2D eigenvalue weighted by Crippen LogP contribution is -2.48. The average molecular weight is 256 g/mol. The molecule has 1 saturated heterocycles. The van der Waals surface area contributed by atoms with E-state index < -0.39 is 0 Å². The first-order chi connectivity index (χ1) is 8.45. The molecule has 0 saturated carbocycles. The molecule has 1 heterocycles. The largest absolute Gasteiger partial charge is 0.379 e. The smallest absolute Gasteiger partial charge is 0.0619 e. The van der Waals surface area contributed by atoms with Crippen LogP contribution in [0.15, 0.2) is 0 Å². The summed E-state index contributed by atoms with van der Waals surface area (Å²) in [5.41, 5.74) is 0.338. The predicted molar refractivity (Wildman–Crippen MR) is 78.0 cm³/mol. The van der Waals surface area contributed by atoms with Crippen LogP contribution in [0.1, 0.15) is 47.5 Å². The van der Waals surface area contributed by atoms with Crippen molar-refractivity contribution in [1.82, 2.24) is 10.2 Å². The van der Waals surface area contributed by atoms with Gasteiger partial charge in [0.25, 0.3) is 0 Å². The topological polar surface area (TPSA) is 24.5 Å². The van der Waals surface area contributed by atoms with Crippen LogP contribution in [0.2, 0.25) is 0 Å². The van der Waals surface area contributed by atoms with E-state index in [-0.39, 0.29) is 0 Å². The summed E-state index contributed by atoms with van der Waals surface area (Å²) in [6, 6.07) is 1.18. The molecule has 1 fully saturated rings. The minimum absolute atomic E-state index is 0.338. The third kappa shape index (κ3) is 5.25. The minimum Gasteiger partial charge on any atom is -0.379 e. The summed E-state index contributed by atoms with van der Waals surface area (Å²) >= 11 is 0. The molecule has 0 bridgehead atoms. The Kier molecular flexibility index (Phi) is 6.61. The average Bonchev–Trinajstić information content (AvgIpc) is 2.29. The van der Waals surface area contributed by atoms with Crippen LogP contribution in [0.3, 0.4) is 0 Å². The van der Waals surface area contributed by atoms with Gasteiger partial charge in [0.05, 0.1) is 13.2 Å². The van der Waals surface area contributed by atoms with Crippen LogP contribution in [0.25, 0.3) is 0 Å². The zero-order chi connectivity index (χ0) is 13.6. The molecule has 0 aromatic heterocycles. The van der Waals surface area contributed by atoms with Crippen molar-refractivity contribution in [2.75, 3.05) is 32.8 Å². The fraction of sp³-hybridized carbons (Fsp3) is 1.00. The van der Waals surface area contributed by atoms with Gasteiger partial charge in [-0.25, -0.2) is 0 Å². The molecule has 1 rings (SSSR count). The first-order valence-electron chi connectivity index (χ1n) is 7.50. The molecule has 1 aliphatic heterocycles. The Morgan fingerprint density at radius 3 is 2.67 bits per heavy atom. The van der Waals surface area contributed by atoms with Gasteiger partial charge >= 0.3 is 0 Å². The van der Waals surface area contributed by atoms with E-state index in [0.29, 0.717) is 17.5 Å². The fourth-order valence-electron chi connectivity index (χ4n) is 2.55. The van der Waals surface area contributed by atoms with Crippen molar-refractivity contribution in [2.45, 2.75) is 59.5 Å². The van der Waals surface area contributed by atoms with Crippen LogP contribution in [0.5, 0.6) is 0 Å². The highest BCUT2D eigenvalue weighted by molar-refractivity contribution is 4.82. The van der Waals surface area contributed by atoms with Gasteiger partial charge in [0.2, 0.25) is 0 Å². The number of ether oxygens (including phenoxy) is 1. The molecule has 1 aliphatic rings. The minimum atomic E-state index is 0.338. The molecule has 2 atom stereocenters. The molecule has 0 radical (unpaired) electrons. The van der Waals surface area contributed by atoms with E-state index >= 15 is 0 Å². The molecule has 0 aromatic carbocycles. The third-order valence-corrected chi connectivity index (χ3v) is 3.90. The van der Waals surface area contributed by atoms with E-state index in [9.17, 15) is 0 Å². The van der Waals surface area contributed by atoms with Crippen LogP contribution in [0.4, 0.5) is 0 Å². The summed E-state index contributed by atoms with van der Waals surface area (Å²) in [5, 5.41) is 3.71. The molecule has 18 heavy (non-hydrogen) atoms. The number of hydrogen-bond acceptors (Lipinski definition) is 3. The van der Waals surface area contributed by atoms with E-state index in [0.717, 1.165) is 26.3 Å². The molecule has 0 aliphatic carbocycles. The second-order valence-electron chi connectivity index (χ2n) is 6.62. The maximum Gasteiger partial charge on any atom is 0.0619 e. The summed E-state index contributed by atoms with van der Waals surface area (Å²) in [7, 11) is 0. The Morgan fingerprint density at radius 2 is 2.11 bits per heavy atom. The quantitative estimate of drug-likeness (QED) is 0.790. The molecular weight excluding hydrogens is 224 g/mol. The van der Waals surface area contributed by atoms with Crippen LogP contribution >= 0.6 is 0 Å². The summed E-state index contributed by atoms with van der Waals surface area (Å²) < 4.78 is 5.49. The second kappa shape index (κ2) is 7.46. The highest BCUT2D eigenvalue weighted by Gasteiger charge is 2.26. The summed E-state index contributed by atoms with van der Waals surface area (Å²) in [4.78, 5) is 2.57. The first-order valence-corrected chi connectivity index (χ1v) is 7.50. The second-order valence-corrected chi connectivity index (χ2v) is 6.62. The van der Waals surface area contributed by atoms with Crippen molar-refractivity contribution < 1.29 is 4.74 Å². The van der Waals surface area contributed by atoms with Crippen molar-refractivity contribution in [2.24, 2.45) is 5.41 Å². The van der Waals surface area contributed by atoms with Crippen molar-refractivity contribution in [3.63, 3.8) is 0 Å².